The Bertz CT molecular complexity index is 1450. The van der Waals surface area contributed by atoms with Gasteiger partial charge in [-0.3, -0.25) is 4.98 Å². The van der Waals surface area contributed by atoms with Crippen LogP contribution in [0.3, 0.4) is 0 Å². The van der Waals surface area contributed by atoms with Crippen molar-refractivity contribution in [2.45, 2.75) is 51.4 Å². The van der Waals surface area contributed by atoms with Gasteiger partial charge in [0.05, 0.1) is 35.5 Å². The van der Waals surface area contributed by atoms with Gasteiger partial charge in [0.15, 0.2) is 0 Å². The van der Waals surface area contributed by atoms with E-state index in [1.165, 1.54) is 6.26 Å². The molecule has 5 heterocycles. The zero-order chi connectivity index (χ0) is 27.9. The fourth-order valence-electron chi connectivity index (χ4n) is 5.55. The Balaban J connectivity index is 1.40. The second kappa shape index (κ2) is 10.8. The predicted molar refractivity (Wildman–Crippen MR) is 153 cm³/mol. The first-order valence-corrected chi connectivity index (χ1v) is 15.4. The minimum atomic E-state index is -3.03. The van der Waals surface area contributed by atoms with Gasteiger partial charge in [0.2, 0.25) is 5.95 Å². The van der Waals surface area contributed by atoms with Crippen LogP contribution < -0.4 is 15.1 Å². The molecule has 2 aliphatic heterocycles. The molecule has 210 valence electrons. The van der Waals surface area contributed by atoms with E-state index in [9.17, 15) is 13.5 Å². The molecule has 0 aliphatic carbocycles. The quantitative estimate of drug-likeness (QED) is 0.425. The number of fused-ring (bicyclic) bond motifs is 1. The maximum atomic E-state index is 11.8. The van der Waals surface area contributed by atoms with Crippen molar-refractivity contribution >= 4 is 43.9 Å². The molecule has 0 radical (unpaired) electrons. The van der Waals surface area contributed by atoms with Crippen LogP contribution in [0.2, 0.25) is 0 Å². The van der Waals surface area contributed by atoms with E-state index in [1.807, 2.05) is 23.4 Å². The number of aromatic nitrogens is 4. The standard InChI is InChI=1S/C27H37N7O4S/c1-16(2)26-19-10-25(31-24-6-8-28-27(32-24)33-9-7-23(38-4)22(35)14-33)29-11-20(19)21(12-30-26)34-13-18(17(34)3)15-39(5,36)37/h6,8,10-12,16-18,22-23,35H,7,9,13-15H2,1-5H3,(H,28,29,31,32)/t17-,18-,22-,23+/m1/s1. The Morgan fingerprint density at radius 1 is 1.15 bits per heavy atom. The number of nitrogens with zero attached hydrogens (tertiary/aromatic N) is 6. The van der Waals surface area contributed by atoms with E-state index >= 15 is 0 Å². The Hall–Kier alpha value is -3.09. The van der Waals surface area contributed by atoms with Gasteiger partial charge in [0.1, 0.15) is 21.5 Å². The van der Waals surface area contributed by atoms with Crippen molar-refractivity contribution in [3.05, 3.63) is 36.4 Å². The zero-order valence-corrected chi connectivity index (χ0v) is 23.9. The second-order valence-corrected chi connectivity index (χ2v) is 13.2. The highest BCUT2D eigenvalue weighted by atomic mass is 32.2. The third-order valence-electron chi connectivity index (χ3n) is 7.76. The Morgan fingerprint density at radius 2 is 1.95 bits per heavy atom. The van der Waals surface area contributed by atoms with Crippen LogP contribution in [0.5, 0.6) is 0 Å². The van der Waals surface area contributed by atoms with Crippen molar-refractivity contribution in [1.29, 1.82) is 0 Å². The van der Waals surface area contributed by atoms with Gasteiger partial charge in [-0.05, 0) is 31.4 Å². The molecule has 5 rings (SSSR count). The number of rotatable bonds is 8. The highest BCUT2D eigenvalue weighted by Gasteiger charge is 2.38. The first kappa shape index (κ1) is 27.5. The van der Waals surface area contributed by atoms with Crippen LogP contribution in [-0.2, 0) is 14.6 Å². The molecule has 0 aromatic carbocycles. The largest absolute Gasteiger partial charge is 0.389 e. The summed E-state index contributed by atoms with van der Waals surface area (Å²) in [4.78, 5) is 22.7. The van der Waals surface area contributed by atoms with Gasteiger partial charge in [0, 0.05) is 68.1 Å². The monoisotopic (exact) mass is 555 g/mol. The lowest BCUT2D eigenvalue weighted by Crippen LogP contribution is -2.57. The van der Waals surface area contributed by atoms with Gasteiger partial charge in [-0.2, -0.15) is 4.98 Å². The van der Waals surface area contributed by atoms with E-state index in [2.05, 4.69) is 41.0 Å². The van der Waals surface area contributed by atoms with Crippen LogP contribution in [0.25, 0.3) is 10.8 Å². The van der Waals surface area contributed by atoms with E-state index in [4.69, 9.17) is 14.7 Å². The van der Waals surface area contributed by atoms with E-state index in [0.29, 0.717) is 43.6 Å². The molecule has 39 heavy (non-hydrogen) atoms. The number of hydrogen-bond acceptors (Lipinski definition) is 11. The van der Waals surface area contributed by atoms with E-state index in [1.54, 1.807) is 19.4 Å². The molecule has 0 spiro atoms. The summed E-state index contributed by atoms with van der Waals surface area (Å²) >= 11 is 0. The van der Waals surface area contributed by atoms with Gasteiger partial charge >= 0.3 is 0 Å². The van der Waals surface area contributed by atoms with Crippen molar-refractivity contribution in [1.82, 2.24) is 19.9 Å². The first-order chi connectivity index (χ1) is 18.5. The number of aliphatic hydroxyl groups is 1. The highest BCUT2D eigenvalue weighted by molar-refractivity contribution is 7.90. The number of β-amino-alcohol motifs (C(OH)–C–C–N with tert-alkyl or cyclic N) is 1. The maximum Gasteiger partial charge on any atom is 0.227 e. The van der Waals surface area contributed by atoms with Crippen LogP contribution in [0.15, 0.2) is 30.7 Å². The summed E-state index contributed by atoms with van der Waals surface area (Å²) < 4.78 is 29.0. The summed E-state index contributed by atoms with van der Waals surface area (Å²) in [6.07, 6.45) is 6.65. The van der Waals surface area contributed by atoms with Gasteiger partial charge < -0.3 is 25.0 Å². The van der Waals surface area contributed by atoms with Crippen LogP contribution in [0, 0.1) is 5.92 Å². The van der Waals surface area contributed by atoms with Crippen LogP contribution in [0.1, 0.15) is 38.8 Å². The van der Waals surface area contributed by atoms with Gasteiger partial charge in [-0.25, -0.2) is 18.4 Å². The molecule has 3 aromatic heterocycles. The number of piperidine rings is 1. The fraction of sp³-hybridized carbons (Fsp3) is 0.556. The maximum absolute atomic E-state index is 11.8. The van der Waals surface area contributed by atoms with Gasteiger partial charge in [-0.15, -0.1) is 0 Å². The number of nitrogens with one attached hydrogen (secondary N) is 1. The Kier molecular flexibility index (Phi) is 7.62. The molecule has 2 fully saturated rings. The van der Waals surface area contributed by atoms with E-state index < -0.39 is 15.9 Å². The molecule has 11 nitrogen and oxygen atoms in total. The zero-order valence-electron chi connectivity index (χ0n) is 23.1. The lowest BCUT2D eigenvalue weighted by molar-refractivity contribution is -0.0219. The van der Waals surface area contributed by atoms with Crippen molar-refractivity contribution in [3.63, 3.8) is 0 Å². The number of anilines is 4. The summed E-state index contributed by atoms with van der Waals surface area (Å²) in [5.41, 5.74) is 1.94. The second-order valence-electron chi connectivity index (χ2n) is 11.0. The molecule has 4 atom stereocenters. The van der Waals surface area contributed by atoms with Crippen molar-refractivity contribution in [2.24, 2.45) is 5.92 Å². The van der Waals surface area contributed by atoms with Gasteiger partial charge in [0.25, 0.3) is 0 Å². The number of methoxy groups -OCH3 is 1. The minimum absolute atomic E-state index is 0.0966. The normalized spacial score (nSPS) is 23.8. The average Bonchev–Trinajstić information content (AvgIpc) is 2.89. The molecule has 0 amide bonds. The fourth-order valence-corrected chi connectivity index (χ4v) is 6.71. The highest BCUT2D eigenvalue weighted by Crippen LogP contribution is 2.38. The molecular weight excluding hydrogens is 518 g/mol. The SMILES string of the molecule is CO[C@H]1CCN(c2nccc(Nc3cc4c(C(C)C)ncc(N5C[C@H](CS(C)(=O)=O)[C@H]5C)c4cn3)n2)C[C@H]1O. The molecule has 0 bridgehead atoms. The molecular formula is C27H37N7O4S. The van der Waals surface area contributed by atoms with Crippen LogP contribution >= 0.6 is 0 Å². The smallest absolute Gasteiger partial charge is 0.227 e. The molecule has 0 unspecified atom stereocenters. The summed E-state index contributed by atoms with van der Waals surface area (Å²) in [6.45, 7) is 8.06. The van der Waals surface area contributed by atoms with Crippen molar-refractivity contribution in [3.8, 4) is 0 Å². The lowest BCUT2D eigenvalue weighted by Gasteiger charge is -2.48. The minimum Gasteiger partial charge on any atom is -0.389 e. The third kappa shape index (κ3) is 5.78. The van der Waals surface area contributed by atoms with E-state index in [-0.39, 0.29) is 29.7 Å². The molecule has 0 saturated carbocycles. The van der Waals surface area contributed by atoms with Crippen molar-refractivity contribution in [2.75, 3.05) is 53.9 Å². The molecule has 3 aromatic rings. The van der Waals surface area contributed by atoms with Crippen LogP contribution in [-0.4, -0.2) is 90.5 Å². The lowest BCUT2D eigenvalue weighted by atomic mass is 9.90. The topological polar surface area (TPSA) is 134 Å². The predicted octanol–water partition coefficient (Wildman–Crippen LogP) is 2.74. The van der Waals surface area contributed by atoms with Crippen molar-refractivity contribution < 1.29 is 18.3 Å². The Labute approximate surface area is 229 Å². The molecule has 2 N–H and O–H groups in total. The number of ether oxygens (including phenoxy) is 1. The first-order valence-electron chi connectivity index (χ1n) is 13.3. The van der Waals surface area contributed by atoms with Gasteiger partial charge in [-0.1, -0.05) is 13.8 Å². The Morgan fingerprint density at radius 3 is 2.62 bits per heavy atom. The number of aliphatic hydroxyl groups excluding tert-OH is 1. The summed E-state index contributed by atoms with van der Waals surface area (Å²) in [5.74, 6) is 2.27. The average molecular weight is 556 g/mol. The third-order valence-corrected chi connectivity index (χ3v) is 8.80. The number of sulfone groups is 1. The molecule has 2 aliphatic rings. The number of pyridine rings is 2. The summed E-state index contributed by atoms with van der Waals surface area (Å²) in [7, 11) is -1.41. The van der Waals surface area contributed by atoms with Crippen LogP contribution in [0.4, 0.5) is 23.3 Å². The summed E-state index contributed by atoms with van der Waals surface area (Å²) in [6, 6.07) is 3.88. The summed E-state index contributed by atoms with van der Waals surface area (Å²) in [5, 5.41) is 15.6. The molecule has 2 saturated heterocycles. The molecule has 12 heteroatoms. The van der Waals surface area contributed by atoms with E-state index in [0.717, 1.165) is 22.2 Å². The number of hydrogen-bond donors (Lipinski definition) is 2.